The third-order valence-electron chi connectivity index (χ3n) is 3.28. The molecule has 0 aliphatic rings. The minimum Gasteiger partial charge on any atom is -0.361 e. The molecular formula is C15H20N2OS. The van der Waals surface area contributed by atoms with Crippen LogP contribution < -0.4 is 5.32 Å². The summed E-state index contributed by atoms with van der Waals surface area (Å²) in [5, 5.41) is 4.42. The van der Waals surface area contributed by atoms with Crippen molar-refractivity contribution in [2.45, 2.75) is 38.1 Å². The number of H-pyrrole nitrogens is 1. The van der Waals surface area contributed by atoms with Gasteiger partial charge in [-0.2, -0.15) is 12.6 Å². The third-order valence-corrected chi connectivity index (χ3v) is 3.43. The van der Waals surface area contributed by atoms with Crippen molar-refractivity contribution >= 4 is 29.3 Å². The van der Waals surface area contributed by atoms with Gasteiger partial charge in [-0.3, -0.25) is 10.1 Å². The molecule has 2 rings (SSSR count). The second-order valence-corrected chi connectivity index (χ2v) is 5.55. The lowest BCUT2D eigenvalue weighted by molar-refractivity contribution is -0.120. The summed E-state index contributed by atoms with van der Waals surface area (Å²) in [7, 11) is 0. The van der Waals surface area contributed by atoms with E-state index in [1.54, 1.807) is 0 Å². The molecule has 0 amide bonds. The Hall–Kier alpha value is -1.26. The van der Waals surface area contributed by atoms with Crippen LogP contribution in [0.15, 0.2) is 30.5 Å². The topological polar surface area (TPSA) is 44.9 Å². The lowest BCUT2D eigenvalue weighted by Gasteiger charge is -2.19. The van der Waals surface area contributed by atoms with Crippen molar-refractivity contribution in [2.75, 3.05) is 0 Å². The fraction of sp³-hybridized carbons (Fsp3) is 0.400. The molecule has 4 heteroatoms. The Bertz CT molecular complexity index is 562. The average molecular weight is 276 g/mol. The predicted molar refractivity (Wildman–Crippen MR) is 82.7 cm³/mol. The Balaban J connectivity index is 2.23. The van der Waals surface area contributed by atoms with Gasteiger partial charge in [-0.15, -0.1) is 0 Å². The first-order chi connectivity index (χ1) is 9.11. The molecule has 0 bridgehead atoms. The highest BCUT2D eigenvalue weighted by molar-refractivity contribution is 7.80. The maximum absolute atomic E-state index is 12.0. The normalized spacial score (nSPS) is 14.5. The summed E-state index contributed by atoms with van der Waals surface area (Å²) in [5.41, 5.74) is 2.28. The largest absolute Gasteiger partial charge is 0.361 e. The van der Waals surface area contributed by atoms with E-state index in [0.29, 0.717) is 12.8 Å². The molecule has 1 aromatic carbocycles. The molecule has 0 fully saturated rings. The van der Waals surface area contributed by atoms with Crippen molar-refractivity contribution < 1.29 is 4.79 Å². The smallest absolute Gasteiger partial charge is 0.149 e. The fourth-order valence-corrected chi connectivity index (χ4v) is 2.50. The van der Waals surface area contributed by atoms with Gasteiger partial charge in [0.1, 0.15) is 5.78 Å². The minimum absolute atomic E-state index is 0.00528. The monoisotopic (exact) mass is 276 g/mol. The number of nitrogens with one attached hydrogen (secondary N) is 2. The van der Waals surface area contributed by atoms with Crippen molar-refractivity contribution in [3.05, 3.63) is 36.0 Å². The molecule has 2 N–H and O–H groups in total. The van der Waals surface area contributed by atoms with E-state index in [4.69, 9.17) is 0 Å². The van der Waals surface area contributed by atoms with Crippen LogP contribution in [0.4, 0.5) is 0 Å². The van der Waals surface area contributed by atoms with E-state index in [1.807, 2.05) is 38.2 Å². The molecule has 0 aliphatic carbocycles. The van der Waals surface area contributed by atoms with Gasteiger partial charge in [0.2, 0.25) is 0 Å². The highest BCUT2D eigenvalue weighted by Gasteiger charge is 2.19. The lowest BCUT2D eigenvalue weighted by Crippen LogP contribution is -2.41. The van der Waals surface area contributed by atoms with Gasteiger partial charge in [0, 0.05) is 28.9 Å². The van der Waals surface area contributed by atoms with Crippen LogP contribution in [0.5, 0.6) is 0 Å². The van der Waals surface area contributed by atoms with Crippen LogP contribution in [0.2, 0.25) is 0 Å². The fourth-order valence-electron chi connectivity index (χ4n) is 2.32. The van der Waals surface area contributed by atoms with Crippen molar-refractivity contribution in [1.29, 1.82) is 0 Å². The number of aromatic nitrogens is 1. The summed E-state index contributed by atoms with van der Waals surface area (Å²) in [5.74, 6) is 0.228. The SMILES string of the molecule is CCC(=O)[C@H](Cc1c[nH]c2ccccc12)NC(C)S. The van der Waals surface area contributed by atoms with Gasteiger partial charge < -0.3 is 4.98 Å². The van der Waals surface area contributed by atoms with E-state index in [1.165, 1.54) is 10.9 Å². The number of hydrogen-bond acceptors (Lipinski definition) is 3. The van der Waals surface area contributed by atoms with E-state index >= 15 is 0 Å². The Morgan fingerprint density at radius 1 is 1.42 bits per heavy atom. The van der Waals surface area contributed by atoms with Gasteiger partial charge in [0.15, 0.2) is 0 Å². The molecule has 0 spiro atoms. The first-order valence-corrected chi connectivity index (χ1v) is 7.15. The number of thiol groups is 1. The molecular weight excluding hydrogens is 256 g/mol. The molecule has 1 heterocycles. The maximum atomic E-state index is 12.0. The van der Waals surface area contributed by atoms with Crippen LogP contribution in [0.3, 0.4) is 0 Å². The molecule has 0 aliphatic heterocycles. The molecule has 2 aromatic rings. The highest BCUT2D eigenvalue weighted by Crippen LogP contribution is 2.19. The second-order valence-electron chi connectivity index (χ2n) is 4.78. The third kappa shape index (κ3) is 3.39. The molecule has 0 radical (unpaired) electrons. The highest BCUT2D eigenvalue weighted by atomic mass is 32.1. The summed E-state index contributed by atoms with van der Waals surface area (Å²) >= 11 is 4.32. The number of para-hydroxylation sites is 1. The number of carbonyl (C=O) groups is 1. The first kappa shape index (κ1) is 14.2. The van der Waals surface area contributed by atoms with E-state index in [-0.39, 0.29) is 17.2 Å². The van der Waals surface area contributed by atoms with Crippen LogP contribution in [-0.2, 0) is 11.2 Å². The molecule has 3 nitrogen and oxygen atoms in total. The number of hydrogen-bond donors (Lipinski definition) is 3. The Labute approximate surface area is 119 Å². The molecule has 2 atom stereocenters. The zero-order valence-corrected chi connectivity index (χ0v) is 12.2. The summed E-state index contributed by atoms with van der Waals surface area (Å²) < 4.78 is 0. The minimum atomic E-state index is -0.170. The maximum Gasteiger partial charge on any atom is 0.149 e. The molecule has 1 unspecified atom stereocenters. The zero-order chi connectivity index (χ0) is 13.8. The molecule has 1 aromatic heterocycles. The Kier molecular flexibility index (Phi) is 4.66. The molecule has 0 saturated carbocycles. The van der Waals surface area contributed by atoms with Gasteiger partial charge in [-0.25, -0.2) is 0 Å². The van der Waals surface area contributed by atoms with E-state index in [2.05, 4.69) is 29.0 Å². The van der Waals surface area contributed by atoms with Gasteiger partial charge in [-0.05, 0) is 25.0 Å². The molecule has 102 valence electrons. The van der Waals surface area contributed by atoms with E-state index < -0.39 is 0 Å². The Morgan fingerprint density at radius 3 is 2.84 bits per heavy atom. The number of benzene rings is 1. The number of carbonyl (C=O) groups excluding carboxylic acids is 1. The van der Waals surface area contributed by atoms with E-state index in [9.17, 15) is 4.79 Å². The van der Waals surface area contributed by atoms with Crippen molar-refractivity contribution in [3.8, 4) is 0 Å². The Morgan fingerprint density at radius 2 is 2.16 bits per heavy atom. The van der Waals surface area contributed by atoms with Crippen LogP contribution in [0, 0.1) is 0 Å². The van der Waals surface area contributed by atoms with Crippen molar-refractivity contribution in [3.63, 3.8) is 0 Å². The van der Waals surface area contributed by atoms with Crippen LogP contribution in [0.1, 0.15) is 25.8 Å². The van der Waals surface area contributed by atoms with Crippen molar-refractivity contribution in [2.24, 2.45) is 0 Å². The quantitative estimate of drug-likeness (QED) is 0.561. The summed E-state index contributed by atoms with van der Waals surface area (Å²) in [6.45, 7) is 3.84. The number of fused-ring (bicyclic) bond motifs is 1. The standard InChI is InChI=1S/C15H20N2OS/c1-3-15(18)14(17-10(2)19)8-11-9-16-13-7-5-4-6-12(11)13/h4-7,9-10,14,16-17,19H,3,8H2,1-2H3/t10?,14-/m0/s1. The average Bonchev–Trinajstić information content (AvgIpc) is 2.80. The van der Waals surface area contributed by atoms with Crippen LogP contribution >= 0.6 is 12.6 Å². The van der Waals surface area contributed by atoms with Crippen LogP contribution in [-0.4, -0.2) is 22.2 Å². The summed E-state index contributed by atoms with van der Waals surface area (Å²) in [6.07, 6.45) is 3.23. The molecule has 19 heavy (non-hydrogen) atoms. The predicted octanol–water partition coefficient (Wildman–Crippen LogP) is 2.92. The lowest BCUT2D eigenvalue weighted by atomic mass is 10.0. The van der Waals surface area contributed by atoms with Gasteiger partial charge >= 0.3 is 0 Å². The first-order valence-electron chi connectivity index (χ1n) is 6.63. The van der Waals surface area contributed by atoms with Crippen LogP contribution in [0.25, 0.3) is 10.9 Å². The second kappa shape index (κ2) is 6.26. The number of ketones is 1. The summed E-state index contributed by atoms with van der Waals surface area (Å²) in [4.78, 5) is 15.2. The van der Waals surface area contributed by atoms with Gasteiger partial charge in [0.05, 0.1) is 6.04 Å². The van der Waals surface area contributed by atoms with Gasteiger partial charge in [0.25, 0.3) is 0 Å². The summed E-state index contributed by atoms with van der Waals surface area (Å²) in [6, 6.07) is 7.98. The zero-order valence-electron chi connectivity index (χ0n) is 11.3. The van der Waals surface area contributed by atoms with Gasteiger partial charge in [-0.1, -0.05) is 25.1 Å². The van der Waals surface area contributed by atoms with E-state index in [0.717, 1.165) is 5.52 Å². The number of rotatable bonds is 6. The number of Topliss-reactive ketones (excluding diaryl/α,β-unsaturated/α-hetero) is 1. The molecule has 0 saturated heterocycles. The van der Waals surface area contributed by atoms with Crippen molar-refractivity contribution in [1.82, 2.24) is 10.3 Å². The number of aromatic amines is 1.